The van der Waals surface area contributed by atoms with Gasteiger partial charge in [-0.1, -0.05) is 0 Å². The Balaban J connectivity index is 0.908. The molecule has 40 nitrogen and oxygen atoms in total. The molecule has 21 fully saturated rings. The van der Waals surface area contributed by atoms with Crippen LogP contribution < -0.4 is 21.7 Å². The number of ether oxygens (including phenoxy) is 14. The highest BCUT2D eigenvalue weighted by molar-refractivity contribution is 7.98. The van der Waals surface area contributed by atoms with Gasteiger partial charge < -0.3 is 185 Å². The van der Waals surface area contributed by atoms with Crippen molar-refractivity contribution < 1.29 is 163 Å². The summed E-state index contributed by atoms with van der Waals surface area (Å²) < 4.78 is 84.3. The number of thioether (sulfide) groups is 2. The fraction of sp³-hybridized carbons (Fsp3) is 0.780. The highest BCUT2D eigenvalue weighted by atomic mass is 32.2. The highest BCUT2D eigenvalue weighted by Crippen LogP contribution is 2.41. The number of hydrogen-bond donors (Lipinski definition) is 24. The second kappa shape index (κ2) is 34.8. The molecule has 580 valence electrons. The van der Waals surface area contributed by atoms with Crippen LogP contribution >= 0.6 is 46.2 Å². The first-order valence-electron chi connectivity index (χ1n) is 32.9. The number of aliphatic hydroxyl groups is 19. The number of benzene rings is 1. The maximum absolute atomic E-state index is 12.1. The monoisotopic (exact) mass is 1550 g/mol. The van der Waals surface area contributed by atoms with Crippen LogP contribution in [0.5, 0.6) is 0 Å². The van der Waals surface area contributed by atoms with E-state index in [2.05, 4.69) is 16.0 Å². The fourth-order valence-electron chi connectivity index (χ4n) is 13.4. The number of nitrogens with zero attached hydrogens (tertiary/aromatic N) is 2. The molecule has 24 aliphatic rings. The SMILES string of the molecule is N=C(N)Nc1cc2cc(c1)NCc1nc(cs1)CSC[C@H]1O[C@@H]3O[C@H]4C(O)C(O)[C@H](O[C@@H]4CO)O[C@H]4C(O)C(O)[C@H](O[C@@H]4CO)O[C@H]4C(O)C(O)[C@H](O[C@@H]4CO)O[C@H]4C(O)C(O)[C@H](O[C@@H]4CSCc4csc(n4)CN2)O[C@H]2C(O)C(O)[C@H](O[C@@H]2CO)O[C@H]2C(O)C(O)[C@H](O[C@@H]2CO)O[C@H]1C(O)C3O. The average molecular weight is 1550 g/mol. The van der Waals surface area contributed by atoms with Crippen molar-refractivity contribution >= 4 is 69.2 Å². The molecule has 0 spiro atoms. The number of aromatic nitrogens is 2. The van der Waals surface area contributed by atoms with Gasteiger partial charge in [-0.2, -0.15) is 23.5 Å². The summed E-state index contributed by atoms with van der Waals surface area (Å²) in [5, 5.41) is 241. The molecule has 27 rings (SSSR count). The van der Waals surface area contributed by atoms with Crippen molar-refractivity contribution in [2.75, 3.05) is 60.5 Å². The summed E-state index contributed by atoms with van der Waals surface area (Å²) >= 11 is 4.92. The zero-order chi connectivity index (χ0) is 73.4. The van der Waals surface area contributed by atoms with E-state index in [1.54, 1.807) is 29.0 Å². The zero-order valence-corrected chi connectivity index (χ0v) is 57.5. The zero-order valence-electron chi connectivity index (χ0n) is 54.2. The summed E-state index contributed by atoms with van der Waals surface area (Å²) in [7, 11) is 0. The third-order valence-corrected chi connectivity index (χ3v) is 22.7. The van der Waals surface area contributed by atoms with Crippen LogP contribution in [-0.2, 0) is 90.9 Å². The lowest BCUT2D eigenvalue weighted by molar-refractivity contribution is -0.395. The standard InChI is InChI=1S/C59H87N7O33S4/c60-59(61)66-19-2-17-1-18(3-19)63-5-30-65-21(14-103-30)12-101-16-28-51-36(77)43(84)57(91-28)96-48-25(9-70)87-53(39(80)32(48)73)93-45-22(6-67)86-52(38(79)31(45)72)94-46-23(7-68)89-55(41(82)34(46)75)98-50-27(15-100-11-20-13-102-29(64-20)4-62-17)92-58(44(85)37(50)78)97-49-26(10-71)88-54(40(81)33(49)74)95-47-24(8-69)90-56(99-51)42(83)35(47)76/h1-3,13-14,22-28,31-58,62-63,67-85H,4-12,15-16H2,(H4,60,61,66)/t22-,23-,24-,25-,26-,27-,28-,31?,32?,33?,34?,35?,36?,37?,38?,39?,40?,41?,42?,43?,44?,45-,46-,47-,48-,49-,50-,51-,52-,53-,54-,55-,56-,57-,58-/m1/s1. The largest absolute Gasteiger partial charge is 0.394 e. The normalized spacial score (nSPS) is 45.5. The van der Waals surface area contributed by atoms with Crippen molar-refractivity contribution in [3.8, 4) is 0 Å². The number of guanidine groups is 1. The van der Waals surface area contributed by atoms with Gasteiger partial charge in [0.1, 0.15) is 169 Å². The minimum absolute atomic E-state index is 0.150. The van der Waals surface area contributed by atoms with E-state index in [1.165, 1.54) is 22.7 Å². The van der Waals surface area contributed by atoms with E-state index in [0.717, 1.165) is 23.5 Å². The van der Waals surface area contributed by atoms with Crippen LogP contribution in [0.2, 0.25) is 0 Å². The Morgan fingerprint density at radius 2 is 0.650 bits per heavy atom. The van der Waals surface area contributed by atoms with Gasteiger partial charge >= 0.3 is 0 Å². The van der Waals surface area contributed by atoms with Crippen LogP contribution in [0, 0.1) is 5.41 Å². The summed E-state index contributed by atoms with van der Waals surface area (Å²) in [4.78, 5) is 9.55. The molecule has 0 amide bonds. The first kappa shape index (κ1) is 79.3. The molecule has 0 radical (unpaired) electrons. The van der Waals surface area contributed by atoms with Gasteiger partial charge in [-0.3, -0.25) is 5.41 Å². The minimum atomic E-state index is -2.21. The van der Waals surface area contributed by atoms with Crippen molar-refractivity contribution in [1.29, 1.82) is 5.41 Å². The molecule has 0 aliphatic carbocycles. The molecule has 2 aromatic heterocycles. The Kier molecular flexibility index (Phi) is 26.7. The van der Waals surface area contributed by atoms with Crippen molar-refractivity contribution in [3.05, 3.63) is 50.4 Å². The maximum Gasteiger partial charge on any atom is 0.190 e. The maximum atomic E-state index is 12.1. The van der Waals surface area contributed by atoms with E-state index in [0.29, 0.717) is 38.5 Å². The summed E-state index contributed by atoms with van der Waals surface area (Å²) in [6, 6.07) is 5.25. The number of thiazole rings is 2. The van der Waals surface area contributed by atoms with Gasteiger partial charge in [0.15, 0.2) is 50.0 Å². The van der Waals surface area contributed by atoms with Crippen LogP contribution in [0.1, 0.15) is 21.4 Å². The lowest BCUT2D eigenvalue weighted by atomic mass is 9.95. The quantitative estimate of drug-likeness (QED) is 0.0805. The van der Waals surface area contributed by atoms with Gasteiger partial charge in [0, 0.05) is 50.8 Å². The third-order valence-electron chi connectivity index (χ3n) is 18.8. The predicted octanol–water partition coefficient (Wildman–Crippen LogP) is -9.59. The summed E-state index contributed by atoms with van der Waals surface area (Å²) in [6.07, 6.45) is -69.2. The lowest BCUT2D eigenvalue weighted by Gasteiger charge is -2.50. The topological polar surface area (TPSA) is 625 Å². The number of nitrogens with one attached hydrogen (secondary N) is 4. The smallest absolute Gasteiger partial charge is 0.190 e. The molecule has 3 aromatic rings. The number of nitrogens with two attached hydrogens (primary N) is 1. The molecule has 14 unspecified atom stereocenters. The van der Waals surface area contributed by atoms with Crippen LogP contribution in [0.25, 0.3) is 0 Å². The van der Waals surface area contributed by atoms with Gasteiger partial charge in [-0.25, -0.2) is 9.97 Å². The first-order valence-corrected chi connectivity index (χ1v) is 37.0. The predicted molar refractivity (Wildman–Crippen MR) is 347 cm³/mol. The van der Waals surface area contributed by atoms with Crippen LogP contribution in [0.15, 0.2) is 29.0 Å². The fourth-order valence-corrected chi connectivity index (χ4v) is 17.0. The molecule has 26 heterocycles. The Bertz CT molecular complexity index is 3200. The molecule has 44 heteroatoms. The second-order valence-corrected chi connectivity index (χ2v) is 29.8. The number of hydrogen-bond acceptors (Lipinski definition) is 42. The Labute approximate surface area is 601 Å². The van der Waals surface area contributed by atoms with Gasteiger partial charge in [-0.15, -0.1) is 22.7 Å². The van der Waals surface area contributed by atoms with Crippen molar-refractivity contribution in [2.24, 2.45) is 5.73 Å². The summed E-state index contributed by atoms with van der Waals surface area (Å²) in [5.74, 6) is -0.413. The molecular weight excluding hydrogens is 1460 g/mol. The molecular formula is C59H87N7O33S4. The van der Waals surface area contributed by atoms with E-state index in [1.807, 2.05) is 0 Å². The number of rotatable bonds is 6. The summed E-state index contributed by atoms with van der Waals surface area (Å²) in [6.45, 7) is -4.77. The molecule has 25 N–H and O–H groups in total. The minimum Gasteiger partial charge on any atom is -0.394 e. The molecule has 21 saturated heterocycles. The Morgan fingerprint density at radius 3 is 0.922 bits per heavy atom. The van der Waals surface area contributed by atoms with Crippen LogP contribution in [-0.4, -0.2) is 372 Å². The lowest BCUT2D eigenvalue weighted by Crippen LogP contribution is -2.68. The first-order chi connectivity index (χ1) is 49.4. The Morgan fingerprint density at radius 1 is 0.388 bits per heavy atom. The van der Waals surface area contributed by atoms with Gasteiger partial charge in [0.2, 0.25) is 0 Å². The molecule has 103 heavy (non-hydrogen) atoms. The van der Waals surface area contributed by atoms with Crippen LogP contribution in [0.4, 0.5) is 17.1 Å². The van der Waals surface area contributed by atoms with Crippen molar-refractivity contribution in [2.45, 2.75) is 240 Å². The molecule has 24 aliphatic heterocycles. The van der Waals surface area contributed by atoms with Gasteiger partial charge in [0.25, 0.3) is 0 Å². The molecule has 22 bridgehead atoms. The van der Waals surface area contributed by atoms with Gasteiger partial charge in [0.05, 0.1) is 69.7 Å². The molecule has 35 atom stereocenters. The van der Waals surface area contributed by atoms with Gasteiger partial charge in [-0.05, 0) is 18.2 Å². The number of anilines is 3. The molecule has 0 saturated carbocycles. The van der Waals surface area contributed by atoms with Crippen molar-refractivity contribution in [3.63, 3.8) is 0 Å². The van der Waals surface area contributed by atoms with E-state index >= 15 is 0 Å². The summed E-state index contributed by atoms with van der Waals surface area (Å²) in [5.41, 5.74) is 8.48. The van der Waals surface area contributed by atoms with E-state index in [9.17, 15) is 97.0 Å². The molecule has 1 aromatic carbocycles. The van der Waals surface area contributed by atoms with Crippen molar-refractivity contribution in [1.82, 2.24) is 9.97 Å². The number of aliphatic hydroxyl groups excluding tert-OH is 19. The highest BCUT2D eigenvalue weighted by Gasteiger charge is 2.60. The Hall–Kier alpha value is -3.27. The van der Waals surface area contributed by atoms with Crippen LogP contribution in [0.3, 0.4) is 0 Å². The second-order valence-electron chi connectivity index (χ2n) is 25.8. The third kappa shape index (κ3) is 17.4. The van der Waals surface area contributed by atoms with E-state index < -0.39 is 248 Å². The van der Waals surface area contributed by atoms with E-state index in [4.69, 9.17) is 87.4 Å². The van der Waals surface area contributed by atoms with E-state index in [-0.39, 0.29) is 42.1 Å². The average Bonchev–Trinajstić information content (AvgIpc) is 0.957.